The number of hydrogen-bond acceptors (Lipinski definition) is 6. The predicted molar refractivity (Wildman–Crippen MR) is 78.4 cm³/mol. The van der Waals surface area contributed by atoms with Crippen LogP contribution < -0.4 is 4.72 Å². The number of nitro benzene ring substituents is 1. The van der Waals surface area contributed by atoms with E-state index < -0.39 is 14.9 Å². The molecule has 118 valence electrons. The summed E-state index contributed by atoms with van der Waals surface area (Å²) in [6.07, 6.45) is 0. The van der Waals surface area contributed by atoms with Gasteiger partial charge in [0, 0.05) is 37.8 Å². The van der Waals surface area contributed by atoms with E-state index >= 15 is 0 Å². The average Bonchev–Trinajstić information content (AvgIpc) is 2.42. The number of likely N-dealkylation sites (tertiary alicyclic amines) is 1. The van der Waals surface area contributed by atoms with E-state index in [1.165, 1.54) is 12.1 Å². The summed E-state index contributed by atoms with van der Waals surface area (Å²) in [7, 11) is -3.72. The lowest BCUT2D eigenvalue weighted by molar-refractivity contribution is -0.384. The van der Waals surface area contributed by atoms with Crippen LogP contribution in [0.15, 0.2) is 29.2 Å². The molecule has 0 bridgehead atoms. The standard InChI is InChI=1S/C13H16N4O4S/c1-10(7-16-8-11(6-14)9-16)15-22(20,21)13-4-2-12(3-5-13)17(18)19/h2-5,10-11,15H,7-9H2,1H3/t10-/m1/s1. The van der Waals surface area contributed by atoms with Gasteiger partial charge < -0.3 is 0 Å². The SMILES string of the molecule is C[C@H](CN1CC(C#N)C1)NS(=O)(=O)c1ccc([N+](=O)[O-])cc1. The quantitative estimate of drug-likeness (QED) is 0.608. The first-order chi connectivity index (χ1) is 10.3. The molecule has 0 unspecified atom stereocenters. The summed E-state index contributed by atoms with van der Waals surface area (Å²) in [4.78, 5) is 12.0. The van der Waals surface area contributed by atoms with E-state index in [2.05, 4.69) is 10.8 Å². The maximum absolute atomic E-state index is 12.2. The molecule has 0 saturated carbocycles. The van der Waals surface area contributed by atoms with Crippen LogP contribution in [0.25, 0.3) is 0 Å². The van der Waals surface area contributed by atoms with Crippen molar-refractivity contribution in [1.82, 2.24) is 9.62 Å². The Morgan fingerprint density at radius 1 is 1.45 bits per heavy atom. The monoisotopic (exact) mass is 324 g/mol. The molecule has 1 N–H and O–H groups in total. The number of benzene rings is 1. The maximum Gasteiger partial charge on any atom is 0.269 e. The average molecular weight is 324 g/mol. The molecule has 2 rings (SSSR count). The zero-order valence-electron chi connectivity index (χ0n) is 12.0. The predicted octanol–water partition coefficient (Wildman–Crippen LogP) is 0.717. The lowest BCUT2D eigenvalue weighted by Gasteiger charge is -2.36. The number of rotatable bonds is 6. The van der Waals surface area contributed by atoms with Crippen molar-refractivity contribution in [2.75, 3.05) is 19.6 Å². The molecule has 22 heavy (non-hydrogen) atoms. The number of nitrogens with zero attached hydrogens (tertiary/aromatic N) is 3. The van der Waals surface area contributed by atoms with Gasteiger partial charge in [0.15, 0.2) is 0 Å². The number of nitrogens with one attached hydrogen (secondary N) is 1. The van der Waals surface area contributed by atoms with Gasteiger partial charge >= 0.3 is 0 Å². The minimum Gasteiger partial charge on any atom is -0.299 e. The molecule has 9 heteroatoms. The number of non-ortho nitro benzene ring substituents is 1. The molecule has 1 aliphatic rings. The molecule has 1 atom stereocenters. The summed E-state index contributed by atoms with van der Waals surface area (Å²) in [6, 6.07) is 6.58. The molecule has 0 radical (unpaired) electrons. The summed E-state index contributed by atoms with van der Waals surface area (Å²) < 4.78 is 26.9. The Hall–Kier alpha value is -2.02. The van der Waals surface area contributed by atoms with E-state index in [9.17, 15) is 18.5 Å². The minimum absolute atomic E-state index is 0.0107. The zero-order chi connectivity index (χ0) is 16.3. The Kier molecular flexibility index (Phi) is 4.75. The summed E-state index contributed by atoms with van der Waals surface area (Å²) in [5.41, 5.74) is -0.157. The van der Waals surface area contributed by atoms with Gasteiger partial charge in [-0.2, -0.15) is 5.26 Å². The van der Waals surface area contributed by atoms with Crippen LogP contribution in [-0.4, -0.2) is 43.9 Å². The highest BCUT2D eigenvalue weighted by Gasteiger charge is 2.28. The van der Waals surface area contributed by atoms with Gasteiger partial charge in [-0.15, -0.1) is 0 Å². The lowest BCUT2D eigenvalue weighted by Crippen LogP contribution is -2.51. The Bertz CT molecular complexity index is 690. The summed E-state index contributed by atoms with van der Waals surface area (Å²) in [5.74, 6) is 0.0264. The normalized spacial score (nSPS) is 17.5. The largest absolute Gasteiger partial charge is 0.299 e. The molecular formula is C13H16N4O4S. The highest BCUT2D eigenvalue weighted by atomic mass is 32.2. The minimum atomic E-state index is -3.72. The van der Waals surface area contributed by atoms with Crippen molar-refractivity contribution >= 4 is 15.7 Å². The summed E-state index contributed by atoms with van der Waals surface area (Å²) >= 11 is 0. The van der Waals surface area contributed by atoms with Gasteiger partial charge in [0.2, 0.25) is 10.0 Å². The highest BCUT2D eigenvalue weighted by Crippen LogP contribution is 2.17. The fourth-order valence-corrected chi connectivity index (χ4v) is 3.54. The number of nitriles is 1. The molecule has 0 spiro atoms. The first-order valence-electron chi connectivity index (χ1n) is 6.70. The van der Waals surface area contributed by atoms with E-state index in [4.69, 9.17) is 5.26 Å². The van der Waals surface area contributed by atoms with Gasteiger partial charge in [0.25, 0.3) is 5.69 Å². The third-order valence-corrected chi connectivity index (χ3v) is 4.99. The van der Waals surface area contributed by atoms with Crippen molar-refractivity contribution in [2.45, 2.75) is 17.9 Å². The second-order valence-corrected chi connectivity index (χ2v) is 7.03. The second-order valence-electron chi connectivity index (χ2n) is 5.32. The van der Waals surface area contributed by atoms with E-state index in [1.807, 2.05) is 4.90 Å². The Labute approximate surface area is 128 Å². The Morgan fingerprint density at radius 2 is 2.05 bits per heavy atom. The first kappa shape index (κ1) is 16.4. The van der Waals surface area contributed by atoms with Crippen molar-refractivity contribution in [3.8, 4) is 6.07 Å². The molecule has 1 aromatic carbocycles. The van der Waals surface area contributed by atoms with E-state index in [1.54, 1.807) is 6.92 Å². The van der Waals surface area contributed by atoms with Crippen LogP contribution in [0.4, 0.5) is 5.69 Å². The molecular weight excluding hydrogens is 308 g/mol. The van der Waals surface area contributed by atoms with E-state index in [0.29, 0.717) is 19.6 Å². The smallest absolute Gasteiger partial charge is 0.269 e. The van der Waals surface area contributed by atoms with Crippen molar-refractivity contribution in [1.29, 1.82) is 5.26 Å². The molecule has 0 aliphatic carbocycles. The lowest BCUT2D eigenvalue weighted by atomic mass is 10.0. The van der Waals surface area contributed by atoms with Crippen LogP contribution >= 0.6 is 0 Å². The fraction of sp³-hybridized carbons (Fsp3) is 0.462. The third-order valence-electron chi connectivity index (χ3n) is 3.39. The van der Waals surface area contributed by atoms with E-state index in [0.717, 1.165) is 12.1 Å². The molecule has 1 fully saturated rings. The molecule has 8 nitrogen and oxygen atoms in total. The van der Waals surface area contributed by atoms with Crippen LogP contribution in [0.2, 0.25) is 0 Å². The number of hydrogen-bond donors (Lipinski definition) is 1. The topological polar surface area (TPSA) is 116 Å². The highest BCUT2D eigenvalue weighted by molar-refractivity contribution is 7.89. The Morgan fingerprint density at radius 3 is 2.55 bits per heavy atom. The van der Waals surface area contributed by atoms with Gasteiger partial charge in [0.1, 0.15) is 0 Å². The summed E-state index contributed by atoms with van der Waals surface area (Å²) in [6.45, 7) is 3.56. The molecule has 0 aromatic heterocycles. The zero-order valence-corrected chi connectivity index (χ0v) is 12.8. The number of nitro groups is 1. The number of sulfonamides is 1. The van der Waals surface area contributed by atoms with Crippen LogP contribution in [0.1, 0.15) is 6.92 Å². The van der Waals surface area contributed by atoms with E-state index in [-0.39, 0.29) is 22.5 Å². The van der Waals surface area contributed by atoms with Crippen LogP contribution in [0, 0.1) is 27.4 Å². The first-order valence-corrected chi connectivity index (χ1v) is 8.19. The van der Waals surface area contributed by atoms with Gasteiger partial charge in [0.05, 0.1) is 21.8 Å². The molecule has 1 saturated heterocycles. The summed E-state index contributed by atoms with van der Waals surface area (Å²) in [5, 5.41) is 19.3. The van der Waals surface area contributed by atoms with Crippen molar-refractivity contribution in [2.24, 2.45) is 5.92 Å². The molecule has 0 amide bonds. The van der Waals surface area contributed by atoms with Gasteiger partial charge in [-0.1, -0.05) is 0 Å². The van der Waals surface area contributed by atoms with Gasteiger partial charge in [-0.25, -0.2) is 13.1 Å². The van der Waals surface area contributed by atoms with Crippen LogP contribution in [0.5, 0.6) is 0 Å². The van der Waals surface area contributed by atoms with Crippen LogP contribution in [0.3, 0.4) is 0 Å². The molecule has 1 heterocycles. The second kappa shape index (κ2) is 6.39. The van der Waals surface area contributed by atoms with Crippen LogP contribution in [-0.2, 0) is 10.0 Å². The van der Waals surface area contributed by atoms with Crippen molar-refractivity contribution in [3.05, 3.63) is 34.4 Å². The van der Waals surface area contributed by atoms with Crippen molar-refractivity contribution in [3.63, 3.8) is 0 Å². The maximum atomic E-state index is 12.2. The molecule has 1 aliphatic heterocycles. The third kappa shape index (κ3) is 3.79. The molecule has 1 aromatic rings. The van der Waals surface area contributed by atoms with Crippen molar-refractivity contribution < 1.29 is 13.3 Å². The van der Waals surface area contributed by atoms with Gasteiger partial charge in [-0.3, -0.25) is 15.0 Å². The Balaban J connectivity index is 1.95. The fourth-order valence-electron chi connectivity index (χ4n) is 2.31. The van der Waals surface area contributed by atoms with Gasteiger partial charge in [-0.05, 0) is 19.1 Å².